The molecule has 2 heterocycles. The van der Waals surface area contributed by atoms with E-state index in [-0.39, 0.29) is 48.0 Å². The predicted molar refractivity (Wildman–Crippen MR) is 220 cm³/mol. The molecule has 51 heavy (non-hydrogen) atoms. The number of carboxylic acids is 1. The first-order chi connectivity index (χ1) is 23.8. The largest absolute Gasteiger partial charge is 0.480 e. The molecule has 0 aliphatic carbocycles. The van der Waals surface area contributed by atoms with E-state index >= 15 is 0 Å². The van der Waals surface area contributed by atoms with Gasteiger partial charge in [-0.15, -0.1) is 12.4 Å². The lowest BCUT2D eigenvalue weighted by Crippen LogP contribution is -2.36. The quantitative estimate of drug-likeness (QED) is 0.0633. The standard InChI is InChI=1S/2C18H22N2.C4H9N3O2.ClH.Mg.2H/c2*1-19-13-6-14-20-17-9-4-2-7-15(17)11-12-16-8-3-5-10-18(16)20;1-7(4(5)6)2-3(8)9;;;;/h2*2-5,7-10,19H,6,11-14H2,1H3;2H2,1H3,(H3,5,6)(H,8,9);1H;;;. The molecule has 2 aliphatic heterocycles. The number of hydrogen-bond donors (Lipinski definition) is 5. The van der Waals surface area contributed by atoms with Crippen molar-refractivity contribution in [2.45, 2.75) is 38.5 Å². The Labute approximate surface area is 326 Å². The molecular weight excluding hydrogens is 670 g/mol. The van der Waals surface area contributed by atoms with Gasteiger partial charge < -0.3 is 36.2 Å². The number of guanidine groups is 1. The molecule has 0 bridgehead atoms. The Hall–Kier alpha value is -3.80. The molecular formula is C40H56ClMgN7O2. The first-order valence-corrected chi connectivity index (χ1v) is 17.3. The van der Waals surface area contributed by atoms with Crippen LogP contribution < -0.4 is 26.2 Å². The number of nitrogens with two attached hydrogens (primary N) is 1. The highest BCUT2D eigenvalue weighted by Crippen LogP contribution is 2.37. The Bertz CT molecular complexity index is 1460. The van der Waals surface area contributed by atoms with Crippen molar-refractivity contribution in [3.8, 4) is 0 Å². The summed E-state index contributed by atoms with van der Waals surface area (Å²) < 4.78 is 0. The van der Waals surface area contributed by atoms with Gasteiger partial charge >= 0.3 is 29.0 Å². The number of benzene rings is 4. The number of nitrogens with one attached hydrogen (secondary N) is 3. The zero-order chi connectivity index (χ0) is 35.0. The van der Waals surface area contributed by atoms with Gasteiger partial charge in [-0.05, 0) is 112 Å². The zero-order valence-electron chi connectivity index (χ0n) is 29.7. The number of rotatable bonds is 10. The van der Waals surface area contributed by atoms with Gasteiger partial charge in [0.05, 0.1) is 0 Å². The monoisotopic (exact) mass is 725 g/mol. The molecule has 272 valence electrons. The van der Waals surface area contributed by atoms with Crippen molar-refractivity contribution in [3.05, 3.63) is 119 Å². The van der Waals surface area contributed by atoms with Crippen LogP contribution in [0.1, 0.15) is 35.1 Å². The average molecular weight is 727 g/mol. The van der Waals surface area contributed by atoms with Crippen molar-refractivity contribution in [2.24, 2.45) is 5.73 Å². The summed E-state index contributed by atoms with van der Waals surface area (Å²) in [5.74, 6) is -1.23. The highest BCUT2D eigenvalue weighted by Gasteiger charge is 2.20. The van der Waals surface area contributed by atoms with Gasteiger partial charge in [0, 0.05) is 42.9 Å². The van der Waals surface area contributed by atoms with E-state index in [2.05, 4.69) is 117 Å². The van der Waals surface area contributed by atoms with Crippen molar-refractivity contribution >= 4 is 70.1 Å². The first-order valence-electron chi connectivity index (χ1n) is 17.3. The molecule has 0 amide bonds. The van der Waals surface area contributed by atoms with Gasteiger partial charge in [-0.2, -0.15) is 0 Å². The molecule has 4 aromatic carbocycles. The number of aryl methyl sites for hydroxylation is 4. The van der Waals surface area contributed by atoms with E-state index in [1.54, 1.807) is 0 Å². The molecule has 0 atom stereocenters. The lowest BCUT2D eigenvalue weighted by Gasteiger charge is -2.27. The van der Waals surface area contributed by atoms with Crippen LogP contribution in [0.15, 0.2) is 97.1 Å². The van der Waals surface area contributed by atoms with E-state index in [1.165, 1.54) is 52.1 Å². The number of aliphatic carboxylic acids is 1. The topological polar surface area (TPSA) is 121 Å². The summed E-state index contributed by atoms with van der Waals surface area (Å²) in [5, 5.41) is 21.4. The van der Waals surface area contributed by atoms with E-state index in [1.807, 2.05) is 14.1 Å². The van der Waals surface area contributed by atoms with Crippen LogP contribution in [0.5, 0.6) is 0 Å². The van der Waals surface area contributed by atoms with Gasteiger partial charge in [0.1, 0.15) is 6.54 Å². The number of halogens is 1. The van der Waals surface area contributed by atoms with Crippen LogP contribution in [0.2, 0.25) is 0 Å². The van der Waals surface area contributed by atoms with E-state index in [4.69, 9.17) is 16.2 Å². The third-order valence-corrected chi connectivity index (χ3v) is 8.86. The number of anilines is 4. The summed E-state index contributed by atoms with van der Waals surface area (Å²) in [5.41, 5.74) is 16.3. The molecule has 0 fully saturated rings. The Morgan fingerprint density at radius 3 is 1.22 bits per heavy atom. The average Bonchev–Trinajstić information content (AvgIpc) is 3.37. The SMILES string of the molecule is CN(CC(=O)O)C(=N)N.CNCCCN1c2ccccc2CCc2ccccc21.CNCCCN1c2ccccc2CCc2ccccc21.Cl.[MgH2]. The van der Waals surface area contributed by atoms with Gasteiger partial charge in [0.2, 0.25) is 0 Å². The minimum absolute atomic E-state index is 0. The fraction of sp³-hybridized carbons (Fsp3) is 0.350. The second-order valence-electron chi connectivity index (χ2n) is 12.4. The van der Waals surface area contributed by atoms with Gasteiger partial charge in [-0.3, -0.25) is 10.2 Å². The maximum absolute atomic E-state index is 9.92. The maximum atomic E-state index is 9.92. The molecule has 0 saturated heterocycles. The Balaban J connectivity index is 0.000000279. The zero-order valence-corrected chi connectivity index (χ0v) is 30.5. The van der Waals surface area contributed by atoms with Gasteiger partial charge in [-0.1, -0.05) is 72.8 Å². The number of carboxylic acid groups (broad SMARTS) is 1. The third-order valence-electron chi connectivity index (χ3n) is 8.86. The number of hydrogen-bond acceptors (Lipinski definition) is 6. The molecule has 2 aliphatic rings. The number of fused-ring (bicyclic) bond motifs is 4. The van der Waals surface area contributed by atoms with Crippen molar-refractivity contribution in [3.63, 3.8) is 0 Å². The second-order valence-corrected chi connectivity index (χ2v) is 12.4. The van der Waals surface area contributed by atoms with Gasteiger partial charge in [0.25, 0.3) is 0 Å². The lowest BCUT2D eigenvalue weighted by molar-refractivity contribution is -0.137. The normalized spacial score (nSPS) is 12.1. The van der Waals surface area contributed by atoms with Crippen LogP contribution in [0, 0.1) is 5.41 Å². The van der Waals surface area contributed by atoms with E-state index in [0.717, 1.165) is 69.6 Å². The Kier molecular flexibility index (Phi) is 19.5. The molecule has 0 saturated carbocycles. The molecule has 4 aromatic rings. The number of carbonyl (C=O) groups is 1. The Morgan fingerprint density at radius 2 is 0.980 bits per heavy atom. The molecule has 0 aromatic heterocycles. The molecule has 0 radical (unpaired) electrons. The molecule has 6 N–H and O–H groups in total. The van der Waals surface area contributed by atoms with Crippen molar-refractivity contribution in [2.75, 3.05) is 63.7 Å². The number of likely N-dealkylation sites (N-methyl/N-ethyl adjacent to an activating group) is 1. The summed E-state index contributed by atoms with van der Waals surface area (Å²) >= 11 is 0. The molecule has 0 unspecified atom stereocenters. The molecule has 0 spiro atoms. The number of para-hydroxylation sites is 4. The highest BCUT2D eigenvalue weighted by atomic mass is 35.5. The Morgan fingerprint density at radius 1 is 0.686 bits per heavy atom. The summed E-state index contributed by atoms with van der Waals surface area (Å²) in [6.07, 6.45) is 6.84. The minimum Gasteiger partial charge on any atom is -0.480 e. The lowest BCUT2D eigenvalue weighted by atomic mass is 10.0. The first kappa shape index (κ1) is 43.4. The van der Waals surface area contributed by atoms with Crippen molar-refractivity contribution in [1.82, 2.24) is 15.5 Å². The van der Waals surface area contributed by atoms with Crippen LogP contribution in [0.3, 0.4) is 0 Å². The summed E-state index contributed by atoms with van der Waals surface area (Å²) in [6.45, 7) is 4.01. The van der Waals surface area contributed by atoms with Crippen molar-refractivity contribution in [1.29, 1.82) is 5.41 Å². The smallest absolute Gasteiger partial charge is 0.323 e. The minimum atomic E-state index is -0.993. The second kappa shape index (κ2) is 22.9. The van der Waals surface area contributed by atoms with Crippen LogP contribution in [-0.2, 0) is 30.5 Å². The van der Waals surface area contributed by atoms with Gasteiger partial charge in [-0.25, -0.2) is 0 Å². The van der Waals surface area contributed by atoms with Crippen LogP contribution in [0.4, 0.5) is 22.7 Å². The molecule has 6 rings (SSSR count). The van der Waals surface area contributed by atoms with Crippen molar-refractivity contribution < 1.29 is 9.90 Å². The predicted octanol–water partition coefficient (Wildman–Crippen LogP) is 5.47. The fourth-order valence-corrected chi connectivity index (χ4v) is 6.34. The van der Waals surface area contributed by atoms with E-state index < -0.39 is 5.97 Å². The van der Waals surface area contributed by atoms with Crippen LogP contribution >= 0.6 is 12.4 Å². The summed E-state index contributed by atoms with van der Waals surface area (Å²) in [6, 6.07) is 35.3. The molecule has 11 heteroatoms. The van der Waals surface area contributed by atoms with E-state index in [9.17, 15) is 4.79 Å². The summed E-state index contributed by atoms with van der Waals surface area (Å²) in [7, 11) is 5.48. The third kappa shape index (κ3) is 12.7. The van der Waals surface area contributed by atoms with Crippen LogP contribution in [-0.4, -0.2) is 98.9 Å². The fourth-order valence-electron chi connectivity index (χ4n) is 6.34. The highest BCUT2D eigenvalue weighted by molar-refractivity contribution is 5.85. The number of nitrogens with zero attached hydrogens (tertiary/aromatic N) is 3. The maximum Gasteiger partial charge on any atom is 0.323 e. The van der Waals surface area contributed by atoms with E-state index in [0.29, 0.717) is 0 Å². The van der Waals surface area contributed by atoms with Gasteiger partial charge in [0.15, 0.2) is 5.96 Å². The molecule has 9 nitrogen and oxygen atoms in total. The van der Waals surface area contributed by atoms with Crippen LogP contribution in [0.25, 0.3) is 0 Å². The summed E-state index contributed by atoms with van der Waals surface area (Å²) in [4.78, 5) is 16.0.